The Morgan fingerprint density at radius 1 is 1.45 bits per heavy atom. The van der Waals surface area contributed by atoms with Crippen LogP contribution in [0.5, 0.6) is 0 Å². The molecule has 20 heavy (non-hydrogen) atoms. The molecule has 1 atom stereocenters. The summed E-state index contributed by atoms with van der Waals surface area (Å²) in [7, 11) is 1.55. The van der Waals surface area contributed by atoms with Crippen LogP contribution in [0.3, 0.4) is 0 Å². The predicted octanol–water partition coefficient (Wildman–Crippen LogP) is -0.0616. The lowest BCUT2D eigenvalue weighted by atomic mass is 10.0. The van der Waals surface area contributed by atoms with Crippen molar-refractivity contribution in [2.75, 3.05) is 33.4 Å². The molecule has 0 aliphatic carbocycles. The first-order valence-corrected chi connectivity index (χ1v) is 6.48. The van der Waals surface area contributed by atoms with Gasteiger partial charge in [0.1, 0.15) is 6.04 Å². The van der Waals surface area contributed by atoms with Gasteiger partial charge >= 0.3 is 0 Å². The first-order chi connectivity index (χ1) is 9.70. The van der Waals surface area contributed by atoms with Crippen molar-refractivity contribution in [1.29, 1.82) is 0 Å². The molecule has 0 radical (unpaired) electrons. The summed E-state index contributed by atoms with van der Waals surface area (Å²) in [5.41, 5.74) is 1.20. The van der Waals surface area contributed by atoms with Gasteiger partial charge in [-0.05, 0) is 11.6 Å². The number of hydrogen-bond donors (Lipinski definition) is 2. The highest BCUT2D eigenvalue weighted by atomic mass is 16.5. The van der Waals surface area contributed by atoms with Gasteiger partial charge in [-0.3, -0.25) is 9.59 Å². The van der Waals surface area contributed by atoms with Crippen molar-refractivity contribution in [2.24, 2.45) is 0 Å². The normalized spacial score (nSPS) is 17.2. The lowest BCUT2D eigenvalue weighted by Gasteiger charge is -2.23. The second-order valence-electron chi connectivity index (χ2n) is 4.50. The Bertz CT molecular complexity index is 504. The van der Waals surface area contributed by atoms with Crippen molar-refractivity contribution in [3.63, 3.8) is 0 Å². The second kappa shape index (κ2) is 6.49. The van der Waals surface area contributed by atoms with Gasteiger partial charge < -0.3 is 20.1 Å². The van der Waals surface area contributed by atoms with Gasteiger partial charge in [-0.25, -0.2) is 0 Å². The van der Waals surface area contributed by atoms with Gasteiger partial charge in [0.05, 0.1) is 13.2 Å². The van der Waals surface area contributed by atoms with Gasteiger partial charge in [0.25, 0.3) is 5.91 Å². The van der Waals surface area contributed by atoms with E-state index in [1.807, 2.05) is 0 Å². The number of hydrogen-bond acceptors (Lipinski definition) is 4. The minimum absolute atomic E-state index is 0.135. The molecular formula is C14H18N2O4. The SMILES string of the molecule is COCCNC(=O)C1c2ccccc2C(=O)N1CCO. The Balaban J connectivity index is 2.23. The van der Waals surface area contributed by atoms with Gasteiger partial charge in [0.15, 0.2) is 0 Å². The van der Waals surface area contributed by atoms with E-state index in [1.165, 1.54) is 4.90 Å². The first-order valence-electron chi connectivity index (χ1n) is 6.48. The Morgan fingerprint density at radius 2 is 2.20 bits per heavy atom. The maximum Gasteiger partial charge on any atom is 0.255 e. The summed E-state index contributed by atoms with van der Waals surface area (Å²) in [6.45, 7) is 0.751. The van der Waals surface area contributed by atoms with E-state index < -0.39 is 6.04 Å². The molecule has 1 aromatic carbocycles. The van der Waals surface area contributed by atoms with Crippen LogP contribution in [0.15, 0.2) is 24.3 Å². The highest BCUT2D eigenvalue weighted by molar-refractivity contribution is 6.04. The third-order valence-electron chi connectivity index (χ3n) is 3.25. The third-order valence-corrected chi connectivity index (χ3v) is 3.25. The molecule has 0 saturated carbocycles. The number of ether oxygens (including phenoxy) is 1. The monoisotopic (exact) mass is 278 g/mol. The molecule has 1 aliphatic rings. The van der Waals surface area contributed by atoms with Crippen molar-refractivity contribution in [2.45, 2.75) is 6.04 Å². The highest BCUT2D eigenvalue weighted by Crippen LogP contribution is 2.33. The molecule has 1 aliphatic heterocycles. The van der Waals surface area contributed by atoms with Crippen molar-refractivity contribution < 1.29 is 19.4 Å². The fourth-order valence-corrected chi connectivity index (χ4v) is 2.36. The average molecular weight is 278 g/mol. The summed E-state index contributed by atoms with van der Waals surface area (Å²) in [5.74, 6) is -0.477. The van der Waals surface area contributed by atoms with E-state index in [2.05, 4.69) is 5.32 Å². The zero-order valence-electron chi connectivity index (χ0n) is 11.3. The Kier molecular flexibility index (Phi) is 4.70. The molecule has 0 fully saturated rings. The van der Waals surface area contributed by atoms with E-state index in [0.717, 1.165) is 0 Å². The topological polar surface area (TPSA) is 78.9 Å². The number of fused-ring (bicyclic) bond motifs is 1. The number of β-amino-alcohol motifs (C(OH)–C–C–N with tert-alkyl or cyclic N) is 1. The maximum absolute atomic E-state index is 12.3. The standard InChI is InChI=1S/C14H18N2O4/c1-20-9-6-15-13(18)12-10-4-2-3-5-11(10)14(19)16(12)7-8-17/h2-5,12,17H,6-9H2,1H3,(H,15,18). The van der Waals surface area contributed by atoms with E-state index in [9.17, 15) is 9.59 Å². The zero-order valence-corrected chi connectivity index (χ0v) is 11.3. The third kappa shape index (κ3) is 2.66. The van der Waals surface area contributed by atoms with Crippen LogP contribution in [0.4, 0.5) is 0 Å². The molecule has 108 valence electrons. The molecule has 2 amide bonds. The van der Waals surface area contributed by atoms with Crippen LogP contribution in [0.2, 0.25) is 0 Å². The van der Waals surface area contributed by atoms with Crippen molar-refractivity contribution in [3.8, 4) is 0 Å². The molecular weight excluding hydrogens is 260 g/mol. The van der Waals surface area contributed by atoms with E-state index in [0.29, 0.717) is 24.3 Å². The summed E-state index contributed by atoms with van der Waals surface area (Å²) in [4.78, 5) is 25.9. The van der Waals surface area contributed by atoms with Crippen molar-refractivity contribution in [1.82, 2.24) is 10.2 Å². The minimum Gasteiger partial charge on any atom is -0.395 e. The molecule has 2 rings (SSSR count). The van der Waals surface area contributed by atoms with E-state index in [-0.39, 0.29) is 25.0 Å². The predicted molar refractivity (Wildman–Crippen MR) is 72.2 cm³/mol. The van der Waals surface area contributed by atoms with Crippen molar-refractivity contribution >= 4 is 11.8 Å². The summed E-state index contributed by atoms with van der Waals surface area (Å²) in [6.07, 6.45) is 0. The first kappa shape index (κ1) is 14.5. The quantitative estimate of drug-likeness (QED) is 0.714. The van der Waals surface area contributed by atoms with Crippen LogP contribution >= 0.6 is 0 Å². The molecule has 0 saturated heterocycles. The number of amides is 2. The number of carbonyl (C=O) groups is 2. The number of methoxy groups -OCH3 is 1. The maximum atomic E-state index is 12.3. The molecule has 0 bridgehead atoms. The molecule has 6 heteroatoms. The molecule has 1 unspecified atom stereocenters. The van der Waals surface area contributed by atoms with Crippen LogP contribution < -0.4 is 5.32 Å². The smallest absolute Gasteiger partial charge is 0.255 e. The number of benzene rings is 1. The van der Waals surface area contributed by atoms with Crippen LogP contribution in [0.1, 0.15) is 22.0 Å². The van der Waals surface area contributed by atoms with Gasteiger partial charge in [-0.1, -0.05) is 18.2 Å². The number of nitrogens with zero attached hydrogens (tertiary/aromatic N) is 1. The summed E-state index contributed by atoms with van der Waals surface area (Å²) in [6, 6.07) is 6.35. The number of carbonyl (C=O) groups excluding carboxylic acids is 2. The van der Waals surface area contributed by atoms with E-state index in [1.54, 1.807) is 31.4 Å². The van der Waals surface area contributed by atoms with Gasteiger partial charge in [-0.2, -0.15) is 0 Å². The van der Waals surface area contributed by atoms with E-state index >= 15 is 0 Å². The Labute approximate surface area is 117 Å². The van der Waals surface area contributed by atoms with Gasteiger partial charge in [0.2, 0.25) is 5.91 Å². The number of aliphatic hydroxyl groups is 1. The van der Waals surface area contributed by atoms with Crippen LogP contribution in [-0.2, 0) is 9.53 Å². The summed E-state index contributed by atoms with van der Waals surface area (Å²) >= 11 is 0. The highest BCUT2D eigenvalue weighted by Gasteiger charge is 2.40. The molecule has 0 spiro atoms. The number of aliphatic hydroxyl groups excluding tert-OH is 1. The average Bonchev–Trinajstić information content (AvgIpc) is 2.73. The molecule has 1 heterocycles. The lowest BCUT2D eigenvalue weighted by molar-refractivity contribution is -0.125. The largest absolute Gasteiger partial charge is 0.395 e. The Hall–Kier alpha value is -1.92. The lowest BCUT2D eigenvalue weighted by Crippen LogP contribution is -2.41. The summed E-state index contributed by atoms with van der Waals surface area (Å²) in [5, 5.41) is 11.8. The van der Waals surface area contributed by atoms with Gasteiger partial charge in [0, 0.05) is 25.8 Å². The van der Waals surface area contributed by atoms with Crippen LogP contribution in [0.25, 0.3) is 0 Å². The van der Waals surface area contributed by atoms with Crippen LogP contribution in [-0.4, -0.2) is 55.2 Å². The molecule has 1 aromatic rings. The van der Waals surface area contributed by atoms with Crippen LogP contribution in [0, 0.1) is 0 Å². The molecule has 2 N–H and O–H groups in total. The fraction of sp³-hybridized carbons (Fsp3) is 0.429. The van der Waals surface area contributed by atoms with Crippen molar-refractivity contribution in [3.05, 3.63) is 35.4 Å². The summed E-state index contributed by atoms with van der Waals surface area (Å²) < 4.78 is 4.88. The Morgan fingerprint density at radius 3 is 2.90 bits per heavy atom. The van der Waals surface area contributed by atoms with E-state index in [4.69, 9.17) is 9.84 Å². The number of rotatable bonds is 6. The van der Waals surface area contributed by atoms with Gasteiger partial charge in [-0.15, -0.1) is 0 Å². The fourth-order valence-electron chi connectivity index (χ4n) is 2.36. The molecule has 0 aromatic heterocycles. The number of nitrogens with one attached hydrogen (secondary N) is 1. The minimum atomic E-state index is -0.678. The zero-order chi connectivity index (χ0) is 14.5. The molecule has 6 nitrogen and oxygen atoms in total. The second-order valence-corrected chi connectivity index (χ2v) is 4.50.